The number of nitrogens with one attached hydrogen (secondary N) is 1. The van der Waals surface area contributed by atoms with Crippen LogP contribution in [0, 0.1) is 0 Å². The van der Waals surface area contributed by atoms with Gasteiger partial charge < -0.3 is 15.3 Å². The first-order valence-electron chi connectivity index (χ1n) is 6.69. The van der Waals surface area contributed by atoms with Crippen LogP contribution in [-0.4, -0.2) is 73.9 Å². The van der Waals surface area contributed by atoms with E-state index in [4.69, 9.17) is 0 Å². The Kier molecular flexibility index (Phi) is 5.86. The highest BCUT2D eigenvalue weighted by Crippen LogP contribution is 2.20. The van der Waals surface area contributed by atoms with Gasteiger partial charge in [-0.15, -0.1) is 0 Å². The minimum absolute atomic E-state index is 0.134. The van der Waals surface area contributed by atoms with Gasteiger partial charge in [0.15, 0.2) is 0 Å². The number of nitrogens with zero attached hydrogens (tertiary/aromatic N) is 2. The maximum atomic E-state index is 9.38. The van der Waals surface area contributed by atoms with Gasteiger partial charge in [-0.05, 0) is 53.9 Å². The van der Waals surface area contributed by atoms with Crippen molar-refractivity contribution < 1.29 is 5.11 Å². The lowest BCUT2D eigenvalue weighted by Gasteiger charge is -2.32. The van der Waals surface area contributed by atoms with Gasteiger partial charge in [-0.3, -0.25) is 4.90 Å². The van der Waals surface area contributed by atoms with Gasteiger partial charge in [-0.1, -0.05) is 0 Å². The number of hydrogen-bond acceptors (Lipinski definition) is 4. The average Bonchev–Trinajstić information content (AvgIpc) is 2.72. The van der Waals surface area contributed by atoms with Crippen molar-refractivity contribution in [2.45, 2.75) is 37.8 Å². The monoisotopic (exact) mass is 243 g/mol. The molecule has 4 nitrogen and oxygen atoms in total. The quantitative estimate of drug-likeness (QED) is 0.678. The van der Waals surface area contributed by atoms with E-state index in [1.54, 1.807) is 0 Å². The summed E-state index contributed by atoms with van der Waals surface area (Å²) in [5, 5.41) is 12.6. The van der Waals surface area contributed by atoms with Crippen molar-refractivity contribution in [3.05, 3.63) is 0 Å². The lowest BCUT2D eigenvalue weighted by molar-refractivity contribution is 0.140. The third kappa shape index (κ3) is 4.54. The van der Waals surface area contributed by atoms with Crippen molar-refractivity contribution in [2.75, 3.05) is 47.4 Å². The van der Waals surface area contributed by atoms with Gasteiger partial charge in [0.2, 0.25) is 0 Å². The first-order chi connectivity index (χ1) is 8.00. The number of aliphatic hydroxyl groups is 1. The summed E-state index contributed by atoms with van der Waals surface area (Å²) in [7, 11) is 6.21. The molecule has 2 N–H and O–H groups in total. The molecule has 102 valence electrons. The van der Waals surface area contributed by atoms with Crippen molar-refractivity contribution in [3.63, 3.8) is 0 Å². The van der Waals surface area contributed by atoms with Crippen LogP contribution in [0.2, 0.25) is 0 Å². The van der Waals surface area contributed by atoms with Crippen molar-refractivity contribution in [1.82, 2.24) is 15.1 Å². The maximum absolute atomic E-state index is 9.38. The van der Waals surface area contributed by atoms with Gasteiger partial charge in [-0.2, -0.15) is 0 Å². The first-order valence-corrected chi connectivity index (χ1v) is 6.69. The molecule has 0 aromatic rings. The number of hydrogen-bond donors (Lipinski definition) is 2. The molecular weight excluding hydrogens is 214 g/mol. The molecule has 1 aliphatic heterocycles. The van der Waals surface area contributed by atoms with Gasteiger partial charge in [0.05, 0.1) is 6.61 Å². The Hall–Kier alpha value is -0.160. The fraction of sp³-hybridized carbons (Fsp3) is 1.00. The molecule has 4 heteroatoms. The molecule has 0 radical (unpaired) electrons. The summed E-state index contributed by atoms with van der Waals surface area (Å²) in [4.78, 5) is 4.84. The smallest absolute Gasteiger partial charge is 0.0610 e. The lowest BCUT2D eigenvalue weighted by Crippen LogP contribution is -2.47. The molecule has 1 fully saturated rings. The summed E-state index contributed by atoms with van der Waals surface area (Å²) in [6, 6.07) is 0.699. The van der Waals surface area contributed by atoms with E-state index in [9.17, 15) is 5.11 Å². The van der Waals surface area contributed by atoms with Crippen molar-refractivity contribution in [3.8, 4) is 0 Å². The fourth-order valence-corrected chi connectivity index (χ4v) is 2.49. The zero-order chi connectivity index (χ0) is 12.9. The van der Waals surface area contributed by atoms with E-state index >= 15 is 0 Å². The van der Waals surface area contributed by atoms with Crippen LogP contribution in [0.5, 0.6) is 0 Å². The number of likely N-dealkylation sites (tertiary alicyclic amines) is 1. The van der Waals surface area contributed by atoms with Gasteiger partial charge in [0, 0.05) is 24.7 Å². The molecule has 0 spiro atoms. The Bertz CT molecular complexity index is 217. The predicted molar refractivity (Wildman–Crippen MR) is 72.3 cm³/mol. The molecule has 1 saturated heterocycles. The Labute approximate surface area is 106 Å². The van der Waals surface area contributed by atoms with Gasteiger partial charge in [0.25, 0.3) is 0 Å². The normalized spacial score (nSPS) is 25.4. The van der Waals surface area contributed by atoms with Crippen LogP contribution in [0.25, 0.3) is 0 Å². The van der Waals surface area contributed by atoms with Crippen molar-refractivity contribution in [1.29, 1.82) is 0 Å². The Morgan fingerprint density at radius 3 is 2.71 bits per heavy atom. The average molecular weight is 243 g/mol. The van der Waals surface area contributed by atoms with E-state index in [1.165, 1.54) is 19.4 Å². The molecule has 0 bridgehead atoms. The third-order valence-corrected chi connectivity index (χ3v) is 3.98. The molecule has 0 saturated carbocycles. The second kappa shape index (κ2) is 6.69. The second-order valence-electron chi connectivity index (χ2n) is 5.81. The van der Waals surface area contributed by atoms with E-state index in [0.717, 1.165) is 19.5 Å². The molecule has 2 atom stereocenters. The van der Waals surface area contributed by atoms with Crippen LogP contribution < -0.4 is 5.32 Å². The molecule has 0 aliphatic carbocycles. The fourth-order valence-electron chi connectivity index (χ4n) is 2.49. The Balaban J connectivity index is 2.39. The lowest BCUT2D eigenvalue weighted by atomic mass is 9.99. The number of aliphatic hydroxyl groups excluding tert-OH is 1. The minimum atomic E-state index is -0.134. The minimum Gasteiger partial charge on any atom is -0.394 e. The summed E-state index contributed by atoms with van der Waals surface area (Å²) in [6.45, 7) is 5.73. The largest absolute Gasteiger partial charge is 0.394 e. The van der Waals surface area contributed by atoms with E-state index in [0.29, 0.717) is 6.04 Å². The summed E-state index contributed by atoms with van der Waals surface area (Å²) in [6.07, 6.45) is 3.63. The highest BCUT2D eigenvalue weighted by Gasteiger charge is 2.28. The SMILES string of the molecule is CNC(C)(CO)CCN1CCCC1CN(C)C. The highest BCUT2D eigenvalue weighted by atomic mass is 16.3. The zero-order valence-electron chi connectivity index (χ0n) is 11.9. The molecule has 0 aromatic heterocycles. The van der Waals surface area contributed by atoms with E-state index in [1.807, 2.05) is 7.05 Å². The zero-order valence-corrected chi connectivity index (χ0v) is 11.9. The number of likely N-dealkylation sites (N-methyl/N-ethyl adjacent to an activating group) is 2. The first kappa shape index (κ1) is 14.9. The molecule has 17 heavy (non-hydrogen) atoms. The van der Waals surface area contributed by atoms with Gasteiger partial charge in [0.1, 0.15) is 0 Å². The maximum Gasteiger partial charge on any atom is 0.0610 e. The summed E-state index contributed by atoms with van der Waals surface area (Å²) >= 11 is 0. The molecule has 2 unspecified atom stereocenters. The highest BCUT2D eigenvalue weighted by molar-refractivity contribution is 4.86. The Morgan fingerprint density at radius 1 is 1.47 bits per heavy atom. The molecule has 1 heterocycles. The molecule has 1 rings (SSSR count). The summed E-state index contributed by atoms with van der Waals surface area (Å²) < 4.78 is 0. The van der Waals surface area contributed by atoms with Crippen LogP contribution >= 0.6 is 0 Å². The van der Waals surface area contributed by atoms with Crippen LogP contribution in [-0.2, 0) is 0 Å². The van der Waals surface area contributed by atoms with Gasteiger partial charge in [-0.25, -0.2) is 0 Å². The topological polar surface area (TPSA) is 38.7 Å². The standard InChI is InChI=1S/C13H29N3O/c1-13(11-17,14-2)7-9-16-8-5-6-12(16)10-15(3)4/h12,14,17H,5-11H2,1-4H3. The number of rotatable bonds is 7. The van der Waals surface area contributed by atoms with Crippen molar-refractivity contribution in [2.24, 2.45) is 0 Å². The second-order valence-corrected chi connectivity index (χ2v) is 5.81. The third-order valence-electron chi connectivity index (χ3n) is 3.98. The van der Waals surface area contributed by atoms with E-state index in [-0.39, 0.29) is 12.1 Å². The van der Waals surface area contributed by atoms with E-state index in [2.05, 4.69) is 36.1 Å². The molecule has 1 aliphatic rings. The predicted octanol–water partition coefficient (Wildman–Crippen LogP) is 0.373. The van der Waals surface area contributed by atoms with Crippen LogP contribution in [0.1, 0.15) is 26.2 Å². The van der Waals surface area contributed by atoms with Gasteiger partial charge >= 0.3 is 0 Å². The van der Waals surface area contributed by atoms with Crippen LogP contribution in [0.4, 0.5) is 0 Å². The van der Waals surface area contributed by atoms with Crippen LogP contribution in [0.15, 0.2) is 0 Å². The van der Waals surface area contributed by atoms with Crippen LogP contribution in [0.3, 0.4) is 0 Å². The molecule has 0 amide bonds. The molecular formula is C13H29N3O. The Morgan fingerprint density at radius 2 is 2.18 bits per heavy atom. The summed E-state index contributed by atoms with van der Waals surface area (Å²) in [5.74, 6) is 0. The van der Waals surface area contributed by atoms with E-state index < -0.39 is 0 Å². The molecule has 0 aromatic carbocycles. The summed E-state index contributed by atoms with van der Waals surface area (Å²) in [5.41, 5.74) is -0.134. The van der Waals surface area contributed by atoms with Crippen molar-refractivity contribution >= 4 is 0 Å².